The summed E-state index contributed by atoms with van der Waals surface area (Å²) in [6, 6.07) is 8.28. The normalized spacial score (nSPS) is 7.40. The second-order valence-corrected chi connectivity index (χ2v) is 1.39. The molecule has 3 heteroatoms. The molecule has 0 saturated heterocycles. The Labute approximate surface area is 74.7 Å². The molecule has 0 unspecified atom stereocenters. The zero-order valence-corrected chi connectivity index (χ0v) is 11.9. The van der Waals surface area contributed by atoms with Crippen LogP contribution in [-0.4, -0.2) is 24.4 Å². The van der Waals surface area contributed by atoms with Crippen LogP contribution in [0.2, 0.25) is 4.68 Å². The molecule has 1 aromatic carbocycles. The second-order valence-electron chi connectivity index (χ2n) is 1.39. The van der Waals surface area contributed by atoms with Crippen molar-refractivity contribution >= 4 is 24.4 Å². The van der Waals surface area contributed by atoms with Crippen molar-refractivity contribution in [3.63, 3.8) is 0 Å². The molecule has 0 aromatic heterocycles. The van der Waals surface area contributed by atoms with Crippen LogP contribution in [0.3, 0.4) is 0 Å². The van der Waals surface area contributed by atoms with Crippen molar-refractivity contribution in [2.45, 2.75) is 4.68 Å². The third-order valence-corrected chi connectivity index (χ3v) is 0.832. The fourth-order valence-electron chi connectivity index (χ4n) is 0.472. The first-order chi connectivity index (χ1) is 4.93. The summed E-state index contributed by atoms with van der Waals surface area (Å²) in [5, 5.41) is 0. The van der Waals surface area contributed by atoms with Crippen molar-refractivity contribution in [3.05, 3.63) is 30.3 Å². The van der Waals surface area contributed by atoms with Gasteiger partial charge in [-0.05, 0) is 12.1 Å². The third-order valence-electron chi connectivity index (χ3n) is 0.832. The topological polar surface area (TPSA) is 9.23 Å². The van der Waals surface area contributed by atoms with Crippen molar-refractivity contribution in [1.29, 1.82) is 0 Å². The van der Waals surface area contributed by atoms with E-state index in [1.165, 1.54) is 0 Å². The van der Waals surface area contributed by atoms with Crippen LogP contribution >= 0.6 is 0 Å². The van der Waals surface area contributed by atoms with Gasteiger partial charge >= 0.3 is 29.1 Å². The molecule has 1 aromatic rings. The summed E-state index contributed by atoms with van der Waals surface area (Å²) >= 11 is 0.950. The SMILES string of the molecule is FOc1ccccc1.[CH3][InH2]. The number of rotatable bonds is 1. The summed E-state index contributed by atoms with van der Waals surface area (Å²) in [5.41, 5.74) is 0. The van der Waals surface area contributed by atoms with Crippen LogP contribution in [0, 0.1) is 0 Å². The predicted octanol–water partition coefficient (Wildman–Crippen LogP) is 1.62. The minimum atomic E-state index is 0.243. The van der Waals surface area contributed by atoms with Gasteiger partial charge in [-0.25, -0.2) is 0 Å². The Bertz CT molecular complexity index is 155. The van der Waals surface area contributed by atoms with E-state index in [0.717, 1.165) is 24.4 Å². The molecule has 0 N–H and O–H groups in total. The Hall–Kier alpha value is -0.180. The molecule has 0 heterocycles. The molecule has 0 bridgehead atoms. The molecule has 0 radical (unpaired) electrons. The molecule has 0 aliphatic rings. The molecule has 1 rings (SSSR count). The zero-order valence-electron chi connectivity index (χ0n) is 6.17. The summed E-state index contributed by atoms with van der Waals surface area (Å²) in [4.78, 5) is 3.41. The molecule has 0 atom stereocenters. The molecule has 0 fully saturated rings. The molecule has 54 valence electrons. The molecule has 10 heavy (non-hydrogen) atoms. The predicted molar refractivity (Wildman–Crippen MR) is 42.6 cm³/mol. The number of hydrogen-bond donors (Lipinski definition) is 0. The quantitative estimate of drug-likeness (QED) is 0.729. The van der Waals surface area contributed by atoms with Crippen LogP contribution in [0.5, 0.6) is 5.75 Å². The van der Waals surface area contributed by atoms with Gasteiger partial charge < -0.3 is 0 Å². The standard InChI is InChI=1S/C6H5FO.CH3.In.2H/c7-8-6-4-2-1-3-5-6;;;;/h1-5H;1H3;;;. The van der Waals surface area contributed by atoms with E-state index in [9.17, 15) is 4.53 Å². The van der Waals surface area contributed by atoms with E-state index in [4.69, 9.17) is 0 Å². The van der Waals surface area contributed by atoms with E-state index in [1.807, 2.05) is 0 Å². The Morgan fingerprint density at radius 1 is 1.20 bits per heavy atom. The van der Waals surface area contributed by atoms with Crippen LogP contribution in [-0.2, 0) is 0 Å². The van der Waals surface area contributed by atoms with Crippen molar-refractivity contribution in [2.24, 2.45) is 0 Å². The van der Waals surface area contributed by atoms with E-state index < -0.39 is 0 Å². The first-order valence-corrected chi connectivity index (χ1v) is 8.98. The second kappa shape index (κ2) is 6.93. The van der Waals surface area contributed by atoms with Crippen molar-refractivity contribution in [2.75, 3.05) is 0 Å². The van der Waals surface area contributed by atoms with Crippen molar-refractivity contribution in [3.8, 4) is 5.75 Å². The van der Waals surface area contributed by atoms with Gasteiger partial charge in [-0.1, -0.05) is 18.2 Å². The fraction of sp³-hybridized carbons (Fsp3) is 0.143. The van der Waals surface area contributed by atoms with Gasteiger partial charge in [-0.15, -0.1) is 0 Å². The Morgan fingerprint density at radius 3 is 2.00 bits per heavy atom. The van der Waals surface area contributed by atoms with Crippen LogP contribution < -0.4 is 4.94 Å². The summed E-state index contributed by atoms with van der Waals surface area (Å²) < 4.78 is 13.4. The van der Waals surface area contributed by atoms with Gasteiger partial charge in [0.2, 0.25) is 0 Å². The van der Waals surface area contributed by atoms with Crippen molar-refractivity contribution in [1.82, 2.24) is 0 Å². The average Bonchev–Trinajstić information content (AvgIpc) is 2.10. The van der Waals surface area contributed by atoms with Gasteiger partial charge in [0.25, 0.3) is 0 Å². The maximum atomic E-state index is 11.2. The Morgan fingerprint density at radius 2 is 1.70 bits per heavy atom. The summed E-state index contributed by atoms with van der Waals surface area (Å²) in [7, 11) is 0. The summed E-state index contributed by atoms with van der Waals surface area (Å²) in [6.45, 7) is 0. The average molecular weight is 244 g/mol. The van der Waals surface area contributed by atoms with E-state index in [0.29, 0.717) is 0 Å². The molecule has 0 saturated carbocycles. The van der Waals surface area contributed by atoms with Gasteiger partial charge in [-0.2, -0.15) is 0 Å². The molecule has 1 nitrogen and oxygen atoms in total. The Balaban J connectivity index is 0.000000371. The fourth-order valence-corrected chi connectivity index (χ4v) is 0.472. The van der Waals surface area contributed by atoms with Gasteiger partial charge in [0.05, 0.1) is 0 Å². The number of hydrogen-bond acceptors (Lipinski definition) is 1. The van der Waals surface area contributed by atoms with Gasteiger partial charge in [0.1, 0.15) is 0 Å². The van der Waals surface area contributed by atoms with Crippen LogP contribution in [0.1, 0.15) is 0 Å². The first kappa shape index (κ1) is 9.82. The molecule has 0 amide bonds. The van der Waals surface area contributed by atoms with Crippen LogP contribution in [0.4, 0.5) is 4.53 Å². The number of halogens is 1. The maximum absolute atomic E-state index is 11.2. The van der Waals surface area contributed by atoms with E-state index in [1.54, 1.807) is 30.3 Å². The molecular weight excluding hydrogens is 234 g/mol. The third kappa shape index (κ3) is 3.77. The van der Waals surface area contributed by atoms with Crippen molar-refractivity contribution < 1.29 is 9.47 Å². The molecule has 0 spiro atoms. The van der Waals surface area contributed by atoms with E-state index in [2.05, 4.69) is 9.62 Å². The van der Waals surface area contributed by atoms with Gasteiger partial charge in [0.15, 0.2) is 5.75 Å². The molecule has 0 aliphatic heterocycles. The van der Waals surface area contributed by atoms with Gasteiger partial charge in [0, 0.05) is 4.53 Å². The monoisotopic (exact) mass is 244 g/mol. The first-order valence-electron chi connectivity index (χ1n) is 3.27. The summed E-state index contributed by atoms with van der Waals surface area (Å²) in [6.07, 6.45) is 0. The molecule has 0 aliphatic carbocycles. The van der Waals surface area contributed by atoms with Crippen LogP contribution in [0.15, 0.2) is 30.3 Å². The zero-order chi connectivity index (χ0) is 7.82. The number of para-hydroxylation sites is 1. The van der Waals surface area contributed by atoms with Gasteiger partial charge in [-0.3, -0.25) is 4.94 Å². The summed E-state index contributed by atoms with van der Waals surface area (Å²) in [5.74, 6) is 0.243. The molecular formula is C7H10FInO. The minimum absolute atomic E-state index is 0.243. The number of benzene rings is 1. The van der Waals surface area contributed by atoms with Crippen LogP contribution in [0.25, 0.3) is 0 Å². The van der Waals surface area contributed by atoms with E-state index >= 15 is 0 Å². The Kier molecular flexibility index (Phi) is 6.81. The van der Waals surface area contributed by atoms with E-state index in [-0.39, 0.29) is 5.75 Å².